The second-order valence-electron chi connectivity index (χ2n) is 10.4. The van der Waals surface area contributed by atoms with Gasteiger partial charge in [0.05, 0.1) is 9.40 Å². The highest BCUT2D eigenvalue weighted by molar-refractivity contribution is 7.36. The Morgan fingerprint density at radius 3 is 1.69 bits per heavy atom. The van der Waals surface area contributed by atoms with Crippen molar-refractivity contribution in [2.24, 2.45) is 0 Å². The summed E-state index contributed by atoms with van der Waals surface area (Å²) in [6.07, 6.45) is 18.2. The van der Waals surface area contributed by atoms with Crippen LogP contribution in [0.25, 0.3) is 40.7 Å². The molecule has 0 fully saturated rings. The molecule has 0 atom stereocenters. The number of hydrogen-bond acceptors (Lipinski definition) is 2. The molecule has 36 heavy (non-hydrogen) atoms. The molecule has 188 valence electrons. The van der Waals surface area contributed by atoms with Crippen molar-refractivity contribution >= 4 is 52.2 Å². The largest absolute Gasteiger partial charge is 0.134 e. The van der Waals surface area contributed by atoms with Crippen molar-refractivity contribution in [3.8, 4) is 11.1 Å². The van der Waals surface area contributed by atoms with Crippen LogP contribution in [0.4, 0.5) is 0 Å². The van der Waals surface area contributed by atoms with E-state index in [4.69, 9.17) is 0 Å². The lowest BCUT2D eigenvalue weighted by atomic mass is 10.0. The van der Waals surface area contributed by atoms with Crippen molar-refractivity contribution in [3.05, 3.63) is 72.3 Å². The Labute approximate surface area is 225 Å². The molecular formula is C34H40S2. The Kier molecular flexibility index (Phi) is 9.12. The molecule has 2 heteroatoms. The average molecular weight is 513 g/mol. The zero-order chi connectivity index (χ0) is 24.6. The van der Waals surface area contributed by atoms with Gasteiger partial charge in [0.25, 0.3) is 0 Å². The molecule has 0 N–H and O–H groups in total. The van der Waals surface area contributed by atoms with Gasteiger partial charge >= 0.3 is 0 Å². The van der Waals surface area contributed by atoms with Crippen molar-refractivity contribution < 1.29 is 0 Å². The van der Waals surface area contributed by atoms with E-state index >= 15 is 0 Å². The van der Waals surface area contributed by atoms with Gasteiger partial charge in [0.15, 0.2) is 0 Å². The van der Waals surface area contributed by atoms with Crippen LogP contribution >= 0.6 is 22.7 Å². The Bertz CT molecular complexity index is 1370. The van der Waals surface area contributed by atoms with Crippen LogP contribution in [0, 0.1) is 0 Å². The summed E-state index contributed by atoms with van der Waals surface area (Å²) in [4.78, 5) is 0. The third-order valence-corrected chi connectivity index (χ3v) is 10.1. The van der Waals surface area contributed by atoms with Gasteiger partial charge in [-0.3, -0.25) is 0 Å². The monoisotopic (exact) mass is 512 g/mol. The SMILES string of the molecule is CCCCCCCCCCCCCCc1ccc2c(c1)sc1c3ccc(-c4ccccc4)cc3sc21. The maximum Gasteiger partial charge on any atom is 0.0542 e. The first kappa shape index (κ1) is 25.5. The van der Waals surface area contributed by atoms with Gasteiger partial charge in [-0.25, -0.2) is 0 Å². The van der Waals surface area contributed by atoms with E-state index in [-0.39, 0.29) is 0 Å². The Balaban J connectivity index is 1.13. The highest BCUT2D eigenvalue weighted by Gasteiger charge is 2.13. The van der Waals surface area contributed by atoms with Crippen LogP contribution < -0.4 is 0 Å². The van der Waals surface area contributed by atoms with Crippen LogP contribution in [0.5, 0.6) is 0 Å². The summed E-state index contributed by atoms with van der Waals surface area (Å²) in [6.45, 7) is 2.30. The van der Waals surface area contributed by atoms with E-state index in [0.29, 0.717) is 0 Å². The topological polar surface area (TPSA) is 0 Å². The van der Waals surface area contributed by atoms with Crippen LogP contribution in [-0.2, 0) is 6.42 Å². The van der Waals surface area contributed by atoms with Gasteiger partial charge < -0.3 is 0 Å². The standard InChI is InChI=1S/C34H40S2/c1-2-3-4-5-6-7-8-9-10-11-12-14-17-26-20-22-29-31(24-26)35-34-30-23-21-28(25-32(30)36-33(29)34)27-18-15-13-16-19-27/h13,15-16,18-25H,2-12,14,17H2,1H3. The van der Waals surface area contributed by atoms with Gasteiger partial charge in [-0.2, -0.15) is 0 Å². The molecule has 0 saturated heterocycles. The predicted molar refractivity (Wildman–Crippen MR) is 165 cm³/mol. The lowest BCUT2D eigenvalue weighted by Gasteiger charge is -2.04. The summed E-state index contributed by atoms with van der Waals surface area (Å²) >= 11 is 3.94. The van der Waals surface area contributed by atoms with Gasteiger partial charge in [0.1, 0.15) is 0 Å². The van der Waals surface area contributed by atoms with Crippen LogP contribution in [0.3, 0.4) is 0 Å². The number of fused-ring (bicyclic) bond motifs is 5. The van der Waals surface area contributed by atoms with Crippen LogP contribution in [0.2, 0.25) is 0 Å². The van der Waals surface area contributed by atoms with Gasteiger partial charge in [0.2, 0.25) is 0 Å². The molecule has 0 aliphatic rings. The molecular weight excluding hydrogens is 473 g/mol. The number of unbranched alkanes of at least 4 members (excludes halogenated alkanes) is 11. The Morgan fingerprint density at radius 2 is 1.06 bits per heavy atom. The third-order valence-electron chi connectivity index (χ3n) is 7.57. The smallest absolute Gasteiger partial charge is 0.0542 e. The molecule has 2 heterocycles. The first-order chi connectivity index (χ1) is 17.8. The van der Waals surface area contributed by atoms with Crippen molar-refractivity contribution in [2.75, 3.05) is 0 Å². The van der Waals surface area contributed by atoms with Gasteiger partial charge in [-0.05, 0) is 41.7 Å². The fourth-order valence-electron chi connectivity index (χ4n) is 5.44. The number of aryl methyl sites for hydroxylation is 1. The predicted octanol–water partition coefficient (Wildman–Crippen LogP) is 12.2. The highest BCUT2D eigenvalue weighted by atomic mass is 32.1. The molecule has 0 bridgehead atoms. The lowest BCUT2D eigenvalue weighted by Crippen LogP contribution is -1.86. The maximum absolute atomic E-state index is 2.47. The summed E-state index contributed by atoms with van der Waals surface area (Å²) < 4.78 is 5.79. The number of thiophene rings is 2. The van der Waals surface area contributed by atoms with E-state index in [9.17, 15) is 0 Å². The number of hydrogen-bond donors (Lipinski definition) is 0. The summed E-state index contributed by atoms with van der Waals surface area (Å²) in [7, 11) is 0. The summed E-state index contributed by atoms with van der Waals surface area (Å²) in [5.41, 5.74) is 4.12. The first-order valence-corrected chi connectivity index (χ1v) is 15.9. The average Bonchev–Trinajstić information content (AvgIpc) is 3.45. The molecule has 0 amide bonds. The van der Waals surface area contributed by atoms with E-state index in [1.807, 2.05) is 22.7 Å². The fraction of sp³-hybridized carbons (Fsp3) is 0.412. The number of benzene rings is 3. The normalized spacial score (nSPS) is 11.8. The molecule has 0 aliphatic carbocycles. The Hall–Kier alpha value is -2.16. The van der Waals surface area contributed by atoms with E-state index in [1.54, 1.807) is 0 Å². The second kappa shape index (κ2) is 12.9. The van der Waals surface area contributed by atoms with E-state index < -0.39 is 0 Å². The molecule has 0 nitrogen and oxygen atoms in total. The van der Waals surface area contributed by atoms with Gasteiger partial charge in [-0.15, -0.1) is 22.7 Å². The quantitative estimate of drug-likeness (QED) is 0.130. The highest BCUT2D eigenvalue weighted by Crippen LogP contribution is 2.45. The zero-order valence-corrected chi connectivity index (χ0v) is 23.5. The van der Waals surface area contributed by atoms with Crippen molar-refractivity contribution in [2.45, 2.75) is 90.4 Å². The minimum absolute atomic E-state index is 1.22. The minimum Gasteiger partial charge on any atom is -0.134 e. The molecule has 0 unspecified atom stereocenters. The van der Waals surface area contributed by atoms with E-state index in [1.165, 1.54) is 130 Å². The molecule has 2 aromatic heterocycles. The van der Waals surface area contributed by atoms with Crippen molar-refractivity contribution in [1.82, 2.24) is 0 Å². The maximum atomic E-state index is 2.47. The van der Waals surface area contributed by atoms with Crippen LogP contribution in [-0.4, -0.2) is 0 Å². The van der Waals surface area contributed by atoms with E-state index in [0.717, 1.165) is 0 Å². The van der Waals surface area contributed by atoms with Gasteiger partial charge in [0, 0.05) is 20.2 Å². The minimum atomic E-state index is 1.22. The van der Waals surface area contributed by atoms with Crippen molar-refractivity contribution in [1.29, 1.82) is 0 Å². The van der Waals surface area contributed by atoms with Gasteiger partial charge in [-0.1, -0.05) is 132 Å². The molecule has 0 spiro atoms. The van der Waals surface area contributed by atoms with Crippen molar-refractivity contribution in [3.63, 3.8) is 0 Å². The molecule has 0 saturated carbocycles. The van der Waals surface area contributed by atoms with E-state index in [2.05, 4.69) is 73.7 Å². The Morgan fingerprint density at radius 1 is 0.500 bits per heavy atom. The third kappa shape index (κ3) is 6.21. The molecule has 5 aromatic rings. The van der Waals surface area contributed by atoms with Crippen LogP contribution in [0.15, 0.2) is 66.7 Å². The fourth-order valence-corrected chi connectivity index (χ4v) is 8.19. The molecule has 5 rings (SSSR count). The summed E-state index contributed by atoms with van der Waals surface area (Å²) in [6, 6.07) is 24.9. The summed E-state index contributed by atoms with van der Waals surface area (Å²) in [5.74, 6) is 0. The molecule has 3 aromatic carbocycles. The molecule has 0 aliphatic heterocycles. The second-order valence-corrected chi connectivity index (χ2v) is 12.5. The lowest BCUT2D eigenvalue weighted by molar-refractivity contribution is 0.544. The zero-order valence-electron chi connectivity index (χ0n) is 21.9. The first-order valence-electron chi connectivity index (χ1n) is 14.3. The number of rotatable bonds is 14. The summed E-state index contributed by atoms with van der Waals surface area (Å²) in [5, 5.41) is 2.86. The van der Waals surface area contributed by atoms with Crippen LogP contribution in [0.1, 0.15) is 89.5 Å². The molecule has 0 radical (unpaired) electrons.